The molecule has 1 aromatic carbocycles. The van der Waals surface area contributed by atoms with Crippen LogP contribution in [0, 0.1) is 11.8 Å². The van der Waals surface area contributed by atoms with Gasteiger partial charge in [-0.1, -0.05) is 48.6 Å². The fourth-order valence-corrected chi connectivity index (χ4v) is 3.98. The van der Waals surface area contributed by atoms with Crippen molar-refractivity contribution in [3.8, 4) is 0 Å². The van der Waals surface area contributed by atoms with E-state index < -0.39 is 12.2 Å². The van der Waals surface area contributed by atoms with Crippen LogP contribution in [0.4, 0.5) is 0 Å². The number of ketones is 1. The van der Waals surface area contributed by atoms with Crippen molar-refractivity contribution in [2.75, 3.05) is 0 Å². The third kappa shape index (κ3) is 9.19. The molecule has 31 heavy (non-hydrogen) atoms. The first-order valence-corrected chi connectivity index (χ1v) is 11.3. The molecule has 1 aliphatic rings. The molecule has 0 amide bonds. The van der Waals surface area contributed by atoms with Gasteiger partial charge in [0.05, 0.1) is 18.3 Å². The molecule has 0 bridgehead atoms. The SMILES string of the molecule is CC(C)OC(=O)CCC/C=C\CC1C(O)CC(O)C1/C=C/C(=O)CCc1ccccc1. The van der Waals surface area contributed by atoms with Gasteiger partial charge in [0.1, 0.15) is 0 Å². The number of benzene rings is 1. The van der Waals surface area contributed by atoms with Crippen molar-refractivity contribution >= 4 is 11.8 Å². The minimum Gasteiger partial charge on any atom is -0.463 e. The predicted octanol–water partition coefficient (Wildman–Crippen LogP) is 4.17. The van der Waals surface area contributed by atoms with Crippen LogP contribution >= 0.6 is 0 Å². The van der Waals surface area contributed by atoms with Crippen LogP contribution in [0.3, 0.4) is 0 Å². The first-order chi connectivity index (χ1) is 14.9. The number of ether oxygens (including phenoxy) is 1. The highest BCUT2D eigenvalue weighted by Crippen LogP contribution is 2.36. The number of aliphatic hydroxyl groups excluding tert-OH is 2. The molecule has 0 radical (unpaired) electrons. The molecule has 2 N–H and O–H groups in total. The van der Waals surface area contributed by atoms with Gasteiger partial charge in [-0.05, 0) is 57.1 Å². The Labute approximate surface area is 185 Å². The maximum absolute atomic E-state index is 12.2. The Morgan fingerprint density at radius 1 is 1.10 bits per heavy atom. The van der Waals surface area contributed by atoms with E-state index in [-0.39, 0.29) is 29.7 Å². The molecule has 0 heterocycles. The second kappa shape index (κ2) is 13.2. The highest BCUT2D eigenvalue weighted by Gasteiger charge is 2.39. The van der Waals surface area contributed by atoms with Gasteiger partial charge >= 0.3 is 5.97 Å². The van der Waals surface area contributed by atoms with Gasteiger partial charge in [0, 0.05) is 25.2 Å². The number of aryl methyl sites for hydroxylation is 1. The van der Waals surface area contributed by atoms with Gasteiger partial charge in [-0.25, -0.2) is 0 Å². The van der Waals surface area contributed by atoms with Gasteiger partial charge in [-0.2, -0.15) is 0 Å². The summed E-state index contributed by atoms with van der Waals surface area (Å²) in [6.45, 7) is 3.67. The number of esters is 1. The average Bonchev–Trinajstić information content (AvgIpc) is 3.00. The average molecular weight is 429 g/mol. The fourth-order valence-electron chi connectivity index (χ4n) is 3.98. The van der Waals surface area contributed by atoms with E-state index in [4.69, 9.17) is 4.74 Å². The van der Waals surface area contributed by atoms with Gasteiger partial charge in [0.15, 0.2) is 5.78 Å². The second-order valence-electron chi connectivity index (χ2n) is 8.56. The van der Waals surface area contributed by atoms with Crippen molar-refractivity contribution in [3.05, 3.63) is 60.2 Å². The summed E-state index contributed by atoms with van der Waals surface area (Å²) in [4.78, 5) is 23.8. The maximum atomic E-state index is 12.2. The predicted molar refractivity (Wildman–Crippen MR) is 121 cm³/mol. The van der Waals surface area contributed by atoms with E-state index in [1.165, 1.54) is 0 Å². The maximum Gasteiger partial charge on any atom is 0.306 e. The molecule has 170 valence electrons. The third-order valence-electron chi connectivity index (χ3n) is 5.62. The number of allylic oxidation sites excluding steroid dienone is 3. The van der Waals surface area contributed by atoms with Gasteiger partial charge in [0.2, 0.25) is 0 Å². The number of carbonyl (C=O) groups is 2. The molecule has 2 rings (SSSR count). The Morgan fingerprint density at radius 3 is 2.55 bits per heavy atom. The molecule has 0 aromatic heterocycles. The van der Waals surface area contributed by atoms with Crippen molar-refractivity contribution in [2.45, 2.75) is 77.1 Å². The van der Waals surface area contributed by atoms with Crippen molar-refractivity contribution in [1.29, 1.82) is 0 Å². The van der Waals surface area contributed by atoms with Crippen molar-refractivity contribution in [3.63, 3.8) is 0 Å². The lowest BCUT2D eigenvalue weighted by Crippen LogP contribution is -2.20. The Kier molecular flexibility index (Phi) is 10.7. The third-order valence-corrected chi connectivity index (χ3v) is 5.62. The molecule has 1 aliphatic carbocycles. The van der Waals surface area contributed by atoms with E-state index in [9.17, 15) is 19.8 Å². The molecule has 4 atom stereocenters. The zero-order chi connectivity index (χ0) is 22.6. The second-order valence-corrected chi connectivity index (χ2v) is 8.56. The number of hydrogen-bond donors (Lipinski definition) is 2. The minimum absolute atomic E-state index is 0.0278. The van der Waals surface area contributed by atoms with Crippen LogP contribution in [-0.2, 0) is 20.7 Å². The van der Waals surface area contributed by atoms with Crippen LogP contribution in [0.2, 0.25) is 0 Å². The molecule has 1 saturated carbocycles. The monoisotopic (exact) mass is 428 g/mol. The molecule has 1 fully saturated rings. The number of unbranched alkanes of at least 4 members (excludes halogenated alkanes) is 1. The van der Waals surface area contributed by atoms with E-state index in [2.05, 4.69) is 0 Å². The lowest BCUT2D eigenvalue weighted by Gasteiger charge is -2.19. The first-order valence-electron chi connectivity index (χ1n) is 11.3. The molecule has 4 unspecified atom stereocenters. The Balaban J connectivity index is 1.77. The summed E-state index contributed by atoms with van der Waals surface area (Å²) >= 11 is 0. The van der Waals surface area contributed by atoms with Gasteiger partial charge in [-0.15, -0.1) is 0 Å². The van der Waals surface area contributed by atoms with Crippen LogP contribution in [0.25, 0.3) is 0 Å². The zero-order valence-corrected chi connectivity index (χ0v) is 18.7. The largest absolute Gasteiger partial charge is 0.463 e. The lowest BCUT2D eigenvalue weighted by molar-refractivity contribution is -0.147. The van der Waals surface area contributed by atoms with Crippen LogP contribution in [0.15, 0.2) is 54.6 Å². The highest BCUT2D eigenvalue weighted by atomic mass is 16.5. The van der Waals surface area contributed by atoms with E-state index >= 15 is 0 Å². The van der Waals surface area contributed by atoms with E-state index in [0.717, 1.165) is 18.4 Å². The number of rotatable bonds is 12. The summed E-state index contributed by atoms with van der Waals surface area (Å²) in [5.41, 5.74) is 1.13. The Hall–Kier alpha value is -2.24. The summed E-state index contributed by atoms with van der Waals surface area (Å²) in [6, 6.07) is 9.88. The van der Waals surface area contributed by atoms with Crippen molar-refractivity contribution < 1.29 is 24.5 Å². The molecule has 0 saturated heterocycles. The minimum atomic E-state index is -0.641. The quantitative estimate of drug-likeness (QED) is 0.226. The fraction of sp³-hybridized carbons (Fsp3) is 0.538. The van der Waals surface area contributed by atoms with Crippen LogP contribution in [0.1, 0.15) is 57.9 Å². The van der Waals surface area contributed by atoms with E-state index in [1.54, 1.807) is 12.2 Å². The summed E-state index contributed by atoms with van der Waals surface area (Å²) in [6.07, 6.45) is 9.96. The van der Waals surface area contributed by atoms with E-state index in [0.29, 0.717) is 32.1 Å². The molecule has 5 nitrogen and oxygen atoms in total. The van der Waals surface area contributed by atoms with Gasteiger partial charge in [0.25, 0.3) is 0 Å². The number of aliphatic hydroxyl groups is 2. The van der Waals surface area contributed by atoms with Gasteiger partial charge in [-0.3, -0.25) is 9.59 Å². The topological polar surface area (TPSA) is 83.8 Å². The zero-order valence-electron chi connectivity index (χ0n) is 18.7. The Morgan fingerprint density at radius 2 is 1.84 bits per heavy atom. The molecule has 5 heteroatoms. The smallest absolute Gasteiger partial charge is 0.306 e. The molecular weight excluding hydrogens is 392 g/mol. The molecular formula is C26H36O5. The molecule has 1 aromatic rings. The molecule has 0 spiro atoms. The standard InChI is InChI=1S/C26H36O5/c1-19(2)31-26(30)13-9-4-3-8-12-22-23(25(29)18-24(22)28)17-16-21(27)15-14-20-10-6-5-7-11-20/h3,5-8,10-11,16-17,19,22-25,28-29H,4,9,12-15,18H2,1-2H3/b8-3-,17-16+. The highest BCUT2D eigenvalue weighted by molar-refractivity contribution is 5.89. The summed E-state index contributed by atoms with van der Waals surface area (Å²) in [5, 5.41) is 20.7. The van der Waals surface area contributed by atoms with Crippen LogP contribution < -0.4 is 0 Å². The van der Waals surface area contributed by atoms with Crippen LogP contribution in [-0.4, -0.2) is 40.3 Å². The normalized spacial score (nSPS) is 23.8. The summed E-state index contributed by atoms with van der Waals surface area (Å²) < 4.78 is 5.11. The molecule has 0 aliphatic heterocycles. The van der Waals surface area contributed by atoms with Crippen molar-refractivity contribution in [1.82, 2.24) is 0 Å². The van der Waals surface area contributed by atoms with Gasteiger partial charge < -0.3 is 14.9 Å². The van der Waals surface area contributed by atoms with Crippen LogP contribution in [0.5, 0.6) is 0 Å². The van der Waals surface area contributed by atoms with E-state index in [1.807, 2.05) is 56.3 Å². The Bertz CT molecular complexity index is 737. The lowest BCUT2D eigenvalue weighted by atomic mass is 9.89. The summed E-state index contributed by atoms with van der Waals surface area (Å²) in [5.74, 6) is -0.503. The first kappa shape index (κ1) is 25.0. The number of hydrogen-bond acceptors (Lipinski definition) is 5. The number of carbonyl (C=O) groups excluding carboxylic acids is 2. The van der Waals surface area contributed by atoms with Crippen molar-refractivity contribution in [2.24, 2.45) is 11.8 Å². The summed E-state index contributed by atoms with van der Waals surface area (Å²) in [7, 11) is 0.